The Morgan fingerprint density at radius 1 is 1.00 bits per heavy atom. The molecule has 1 N–H and O–H groups in total. The van der Waals surface area contributed by atoms with Gasteiger partial charge in [-0.05, 0) is 54.3 Å². The van der Waals surface area contributed by atoms with Gasteiger partial charge in [-0.2, -0.15) is 5.26 Å². The molecule has 0 saturated heterocycles. The van der Waals surface area contributed by atoms with E-state index in [0.29, 0.717) is 0 Å². The first-order chi connectivity index (χ1) is 12.5. The van der Waals surface area contributed by atoms with Crippen molar-refractivity contribution in [2.45, 2.75) is 20.8 Å². The number of nitrogens with one attached hydrogen (secondary N) is 1. The Bertz CT molecular complexity index is 1040. The number of nitrogens with zero attached hydrogens (tertiary/aromatic N) is 1. The van der Waals surface area contributed by atoms with Crippen LogP contribution in [0.4, 0.5) is 5.69 Å². The SMILES string of the molecule is Cc1cc(C)c(NC(=O)/C(C#N)=C/c2cccc3ccccc23)c(C)c1. The molecule has 0 unspecified atom stereocenters. The molecule has 0 heterocycles. The zero-order chi connectivity index (χ0) is 18.7. The summed E-state index contributed by atoms with van der Waals surface area (Å²) in [5, 5.41) is 14.5. The highest BCUT2D eigenvalue weighted by Gasteiger charge is 2.13. The quantitative estimate of drug-likeness (QED) is 0.519. The standard InChI is InChI=1S/C23H20N2O/c1-15-11-16(2)22(17(3)12-15)25-23(26)20(14-24)13-19-9-6-8-18-7-4-5-10-21(18)19/h4-13H,1-3H3,(H,25,26)/b20-13+. The van der Waals surface area contributed by atoms with Gasteiger partial charge in [0.15, 0.2) is 0 Å². The molecular formula is C23H20N2O. The van der Waals surface area contributed by atoms with Crippen LogP contribution < -0.4 is 5.32 Å². The second-order valence-corrected chi connectivity index (χ2v) is 6.47. The highest BCUT2D eigenvalue weighted by molar-refractivity contribution is 6.11. The van der Waals surface area contributed by atoms with E-state index < -0.39 is 5.91 Å². The van der Waals surface area contributed by atoms with Crippen LogP contribution in [0.3, 0.4) is 0 Å². The number of rotatable bonds is 3. The lowest BCUT2D eigenvalue weighted by atomic mass is 10.0. The van der Waals surface area contributed by atoms with Crippen LogP contribution in [-0.4, -0.2) is 5.91 Å². The lowest BCUT2D eigenvalue weighted by molar-refractivity contribution is -0.112. The number of hydrogen-bond acceptors (Lipinski definition) is 2. The third-order valence-corrected chi connectivity index (χ3v) is 4.40. The first kappa shape index (κ1) is 17.4. The van der Waals surface area contributed by atoms with Gasteiger partial charge in [0.05, 0.1) is 0 Å². The van der Waals surface area contributed by atoms with Crippen molar-refractivity contribution in [3.05, 3.63) is 82.4 Å². The fourth-order valence-electron chi connectivity index (χ4n) is 3.24. The van der Waals surface area contributed by atoms with E-state index in [-0.39, 0.29) is 5.57 Å². The third kappa shape index (κ3) is 3.50. The number of benzene rings is 3. The van der Waals surface area contributed by atoms with Crippen LogP contribution in [0.1, 0.15) is 22.3 Å². The summed E-state index contributed by atoms with van der Waals surface area (Å²) < 4.78 is 0. The second kappa shape index (κ2) is 7.25. The van der Waals surface area contributed by atoms with Crippen LogP contribution in [0.15, 0.2) is 60.2 Å². The minimum Gasteiger partial charge on any atom is -0.321 e. The van der Waals surface area contributed by atoms with Gasteiger partial charge in [0.2, 0.25) is 0 Å². The molecule has 0 aliphatic carbocycles. The number of fused-ring (bicyclic) bond motifs is 1. The van der Waals surface area contributed by atoms with E-state index in [1.54, 1.807) is 6.08 Å². The van der Waals surface area contributed by atoms with E-state index in [1.165, 1.54) is 0 Å². The van der Waals surface area contributed by atoms with Crippen molar-refractivity contribution in [2.75, 3.05) is 5.32 Å². The van der Waals surface area contributed by atoms with E-state index in [9.17, 15) is 10.1 Å². The Labute approximate surface area is 153 Å². The summed E-state index contributed by atoms with van der Waals surface area (Å²) in [7, 11) is 0. The Morgan fingerprint density at radius 2 is 1.65 bits per heavy atom. The van der Waals surface area contributed by atoms with Gasteiger partial charge in [-0.25, -0.2) is 0 Å². The number of carbonyl (C=O) groups excluding carboxylic acids is 1. The van der Waals surface area contributed by atoms with Crippen LogP contribution in [0.25, 0.3) is 16.8 Å². The summed E-state index contributed by atoms with van der Waals surface area (Å²) in [5.41, 5.74) is 4.81. The summed E-state index contributed by atoms with van der Waals surface area (Å²) in [6, 6.07) is 19.8. The second-order valence-electron chi connectivity index (χ2n) is 6.47. The first-order valence-electron chi connectivity index (χ1n) is 8.48. The van der Waals surface area contributed by atoms with Crippen molar-refractivity contribution in [2.24, 2.45) is 0 Å². The minimum absolute atomic E-state index is 0.0840. The molecule has 3 nitrogen and oxygen atoms in total. The van der Waals surface area contributed by atoms with Gasteiger partial charge >= 0.3 is 0 Å². The van der Waals surface area contributed by atoms with Gasteiger partial charge in [-0.3, -0.25) is 4.79 Å². The molecule has 0 aliphatic rings. The molecule has 0 fully saturated rings. The molecule has 26 heavy (non-hydrogen) atoms. The molecule has 3 aromatic rings. The van der Waals surface area contributed by atoms with Crippen LogP contribution in [-0.2, 0) is 4.79 Å². The third-order valence-electron chi connectivity index (χ3n) is 4.40. The highest BCUT2D eigenvalue weighted by atomic mass is 16.1. The van der Waals surface area contributed by atoms with Crippen LogP contribution in [0.2, 0.25) is 0 Å². The lowest BCUT2D eigenvalue weighted by Crippen LogP contribution is -2.15. The number of amides is 1. The molecule has 0 saturated carbocycles. The number of hydrogen-bond donors (Lipinski definition) is 1. The van der Waals surface area contributed by atoms with Crippen molar-refractivity contribution in [3.8, 4) is 6.07 Å². The van der Waals surface area contributed by atoms with Crippen LogP contribution in [0, 0.1) is 32.1 Å². The Balaban J connectivity index is 1.97. The molecule has 3 rings (SSSR count). The molecule has 0 spiro atoms. The monoisotopic (exact) mass is 340 g/mol. The van der Waals surface area contributed by atoms with Crippen molar-refractivity contribution in [3.63, 3.8) is 0 Å². The van der Waals surface area contributed by atoms with Gasteiger partial charge < -0.3 is 5.32 Å². The Hall–Kier alpha value is -3.38. The average Bonchev–Trinajstić information content (AvgIpc) is 2.62. The predicted molar refractivity (Wildman–Crippen MR) is 107 cm³/mol. The van der Waals surface area contributed by atoms with E-state index in [1.807, 2.05) is 81.4 Å². The molecule has 3 aromatic carbocycles. The Morgan fingerprint density at radius 3 is 2.35 bits per heavy atom. The molecule has 0 radical (unpaired) electrons. The molecular weight excluding hydrogens is 320 g/mol. The fourth-order valence-corrected chi connectivity index (χ4v) is 3.24. The molecule has 0 aromatic heterocycles. The van der Waals surface area contributed by atoms with Gasteiger partial charge in [0.1, 0.15) is 11.6 Å². The molecule has 0 bridgehead atoms. The summed E-state index contributed by atoms with van der Waals surface area (Å²) in [5.74, 6) is -0.393. The predicted octanol–water partition coefficient (Wildman–Crippen LogP) is 5.31. The van der Waals surface area contributed by atoms with Gasteiger partial charge in [0, 0.05) is 5.69 Å². The molecule has 3 heteroatoms. The average molecular weight is 340 g/mol. The zero-order valence-corrected chi connectivity index (χ0v) is 15.1. The fraction of sp³-hybridized carbons (Fsp3) is 0.130. The van der Waals surface area contributed by atoms with Crippen molar-refractivity contribution < 1.29 is 4.79 Å². The van der Waals surface area contributed by atoms with E-state index in [2.05, 4.69) is 5.32 Å². The molecule has 128 valence electrons. The van der Waals surface area contributed by atoms with Crippen LogP contribution >= 0.6 is 0 Å². The maximum atomic E-state index is 12.7. The largest absolute Gasteiger partial charge is 0.321 e. The van der Waals surface area contributed by atoms with Crippen molar-refractivity contribution in [1.29, 1.82) is 5.26 Å². The maximum Gasteiger partial charge on any atom is 0.266 e. The number of aryl methyl sites for hydroxylation is 3. The van der Waals surface area contributed by atoms with E-state index in [4.69, 9.17) is 0 Å². The number of anilines is 1. The highest BCUT2D eigenvalue weighted by Crippen LogP contribution is 2.24. The molecule has 0 aliphatic heterocycles. The smallest absolute Gasteiger partial charge is 0.266 e. The topological polar surface area (TPSA) is 52.9 Å². The van der Waals surface area contributed by atoms with Crippen molar-refractivity contribution in [1.82, 2.24) is 0 Å². The zero-order valence-electron chi connectivity index (χ0n) is 15.1. The van der Waals surface area contributed by atoms with Crippen LogP contribution in [0.5, 0.6) is 0 Å². The molecule has 1 amide bonds. The number of carbonyl (C=O) groups is 1. The summed E-state index contributed by atoms with van der Waals surface area (Å²) in [4.78, 5) is 12.7. The first-order valence-corrected chi connectivity index (χ1v) is 8.48. The van der Waals surface area contributed by atoms with E-state index in [0.717, 1.165) is 38.7 Å². The lowest BCUT2D eigenvalue weighted by Gasteiger charge is -2.12. The number of nitriles is 1. The minimum atomic E-state index is -0.393. The Kier molecular flexibility index (Phi) is 4.86. The van der Waals surface area contributed by atoms with Gasteiger partial charge in [-0.15, -0.1) is 0 Å². The van der Waals surface area contributed by atoms with Crippen molar-refractivity contribution >= 4 is 28.4 Å². The molecule has 0 atom stereocenters. The van der Waals surface area contributed by atoms with Gasteiger partial charge in [0.25, 0.3) is 5.91 Å². The summed E-state index contributed by atoms with van der Waals surface area (Å²) in [6.45, 7) is 5.93. The maximum absolute atomic E-state index is 12.7. The normalized spacial score (nSPS) is 11.2. The van der Waals surface area contributed by atoms with Gasteiger partial charge in [-0.1, -0.05) is 60.2 Å². The van der Waals surface area contributed by atoms with E-state index >= 15 is 0 Å². The summed E-state index contributed by atoms with van der Waals surface area (Å²) >= 11 is 0. The summed E-state index contributed by atoms with van der Waals surface area (Å²) in [6.07, 6.45) is 1.65.